The molecule has 0 heterocycles. The molecule has 0 saturated carbocycles. The lowest BCUT2D eigenvalue weighted by Crippen LogP contribution is -2.34. The molecule has 0 aromatic rings. The summed E-state index contributed by atoms with van der Waals surface area (Å²) in [4.78, 5) is 33.5. The van der Waals surface area contributed by atoms with Gasteiger partial charge in [0.1, 0.15) is 12.1 Å². The van der Waals surface area contributed by atoms with Crippen molar-refractivity contribution >= 4 is 19.8 Å². The van der Waals surface area contributed by atoms with Crippen LogP contribution in [0, 0.1) is 0 Å². The molecule has 55 heavy (non-hydrogen) atoms. The van der Waals surface area contributed by atoms with Gasteiger partial charge in [-0.3, -0.25) is 18.6 Å². The summed E-state index contributed by atoms with van der Waals surface area (Å²) in [5, 5.41) is 8.90. The third kappa shape index (κ3) is 40.4. The lowest BCUT2D eigenvalue weighted by atomic mass is 10.0. The fraction of sp³-hybridized carbons (Fsp3) is 0.864. The van der Waals surface area contributed by atoms with Crippen molar-refractivity contribution in [1.29, 1.82) is 0 Å². The highest BCUT2D eigenvalue weighted by Crippen LogP contribution is 2.43. The van der Waals surface area contributed by atoms with Crippen LogP contribution in [0.3, 0.4) is 0 Å². The fourth-order valence-electron chi connectivity index (χ4n) is 6.22. The monoisotopic (exact) mass is 802 g/mol. The van der Waals surface area contributed by atoms with Gasteiger partial charge >= 0.3 is 19.8 Å². The van der Waals surface area contributed by atoms with E-state index in [4.69, 9.17) is 29.4 Å². The molecule has 0 aliphatic carbocycles. The van der Waals surface area contributed by atoms with Crippen LogP contribution >= 0.6 is 7.82 Å². The van der Waals surface area contributed by atoms with Gasteiger partial charge in [-0.15, -0.1) is 0 Å². The van der Waals surface area contributed by atoms with Crippen molar-refractivity contribution in [2.24, 2.45) is 5.73 Å². The first-order valence-electron chi connectivity index (χ1n) is 22.4. The summed E-state index contributed by atoms with van der Waals surface area (Å²) in [6, 6.07) is -1.47. The summed E-state index contributed by atoms with van der Waals surface area (Å²) in [6.45, 7) is 3.87. The van der Waals surface area contributed by atoms with Crippen molar-refractivity contribution in [3.05, 3.63) is 24.3 Å². The Morgan fingerprint density at radius 2 is 1.00 bits per heavy atom. The molecule has 4 N–H and O–H groups in total. The van der Waals surface area contributed by atoms with Gasteiger partial charge in [0.25, 0.3) is 0 Å². The molecular weight excluding hydrogens is 717 g/mol. The predicted octanol–water partition coefficient (Wildman–Crippen LogP) is 12.3. The van der Waals surface area contributed by atoms with E-state index in [1.54, 1.807) is 0 Å². The number of phosphoric ester groups is 1. The number of carbonyl (C=O) groups excluding carboxylic acids is 1. The molecule has 0 fully saturated rings. The van der Waals surface area contributed by atoms with Gasteiger partial charge in [-0.2, -0.15) is 0 Å². The summed E-state index contributed by atoms with van der Waals surface area (Å²) < 4.78 is 33.4. The Morgan fingerprint density at radius 1 is 0.582 bits per heavy atom. The normalized spacial score (nSPS) is 14.1. The lowest BCUT2D eigenvalue weighted by molar-refractivity contribution is -0.154. The molecule has 11 heteroatoms. The summed E-state index contributed by atoms with van der Waals surface area (Å²) in [5.41, 5.74) is 5.36. The molecule has 10 nitrogen and oxygen atoms in total. The molecule has 0 bridgehead atoms. The van der Waals surface area contributed by atoms with Crippen LogP contribution in [0.4, 0.5) is 0 Å². The summed E-state index contributed by atoms with van der Waals surface area (Å²) in [5.74, 6) is -1.77. The molecule has 0 aromatic carbocycles. The molecular formula is C44H84NO9P. The highest BCUT2D eigenvalue weighted by atomic mass is 31.2. The van der Waals surface area contributed by atoms with Crippen molar-refractivity contribution in [3.63, 3.8) is 0 Å². The first-order chi connectivity index (χ1) is 26.7. The van der Waals surface area contributed by atoms with E-state index in [-0.39, 0.29) is 13.0 Å². The number of allylic oxidation sites excluding steroid dienone is 4. The van der Waals surface area contributed by atoms with E-state index in [9.17, 15) is 19.0 Å². The van der Waals surface area contributed by atoms with Gasteiger partial charge in [-0.1, -0.05) is 179 Å². The molecule has 3 unspecified atom stereocenters. The minimum absolute atomic E-state index is 0.0168. The third-order valence-corrected chi connectivity index (χ3v) is 10.7. The number of ether oxygens (including phenoxy) is 2. The Kier molecular flexibility index (Phi) is 39.5. The van der Waals surface area contributed by atoms with E-state index in [1.165, 1.54) is 135 Å². The van der Waals surface area contributed by atoms with Gasteiger partial charge in [0.2, 0.25) is 0 Å². The summed E-state index contributed by atoms with van der Waals surface area (Å²) >= 11 is 0. The number of carboxylic acids is 1. The van der Waals surface area contributed by atoms with Crippen LogP contribution in [-0.4, -0.2) is 60.5 Å². The van der Waals surface area contributed by atoms with Gasteiger partial charge in [0.05, 0.1) is 19.8 Å². The van der Waals surface area contributed by atoms with Crippen molar-refractivity contribution < 1.29 is 42.7 Å². The average molecular weight is 802 g/mol. The van der Waals surface area contributed by atoms with Gasteiger partial charge in [-0.05, 0) is 44.9 Å². The van der Waals surface area contributed by atoms with Crippen LogP contribution in [0.15, 0.2) is 24.3 Å². The van der Waals surface area contributed by atoms with Gasteiger partial charge in [0.15, 0.2) is 0 Å². The Hall–Kier alpha value is -1.55. The second kappa shape index (κ2) is 40.6. The number of unbranched alkanes of at least 4 members (excludes halogenated alkanes) is 25. The van der Waals surface area contributed by atoms with Crippen LogP contribution in [0.5, 0.6) is 0 Å². The van der Waals surface area contributed by atoms with Crippen LogP contribution in [0.2, 0.25) is 0 Å². The maximum atomic E-state index is 12.6. The zero-order chi connectivity index (χ0) is 40.5. The topological polar surface area (TPSA) is 155 Å². The fourth-order valence-corrected chi connectivity index (χ4v) is 7.00. The molecule has 0 aliphatic heterocycles. The Morgan fingerprint density at radius 3 is 1.51 bits per heavy atom. The van der Waals surface area contributed by atoms with E-state index >= 15 is 0 Å². The van der Waals surface area contributed by atoms with Crippen molar-refractivity contribution in [3.8, 4) is 0 Å². The molecule has 0 aliphatic rings. The Bertz CT molecular complexity index is 977. The average Bonchev–Trinajstić information content (AvgIpc) is 3.16. The molecule has 0 spiro atoms. The minimum Gasteiger partial charge on any atom is -0.480 e. The number of hydrogen-bond acceptors (Lipinski definition) is 8. The van der Waals surface area contributed by atoms with Crippen LogP contribution in [0.1, 0.15) is 206 Å². The van der Waals surface area contributed by atoms with E-state index in [0.29, 0.717) is 13.0 Å². The van der Waals surface area contributed by atoms with E-state index in [2.05, 4.69) is 38.2 Å². The van der Waals surface area contributed by atoms with Crippen LogP contribution in [0.25, 0.3) is 0 Å². The first kappa shape index (κ1) is 53.5. The smallest absolute Gasteiger partial charge is 0.472 e. The quantitative estimate of drug-likeness (QED) is 0.0235. The predicted molar refractivity (Wildman–Crippen MR) is 226 cm³/mol. The number of carboxylic acid groups (broad SMARTS) is 1. The molecule has 0 rings (SSSR count). The second-order valence-corrected chi connectivity index (χ2v) is 16.6. The van der Waals surface area contributed by atoms with Gasteiger partial charge in [-0.25, -0.2) is 4.57 Å². The molecule has 3 atom stereocenters. The van der Waals surface area contributed by atoms with E-state index in [1.807, 2.05) is 0 Å². The van der Waals surface area contributed by atoms with Crippen LogP contribution in [-0.2, 0) is 32.7 Å². The molecule has 0 saturated heterocycles. The van der Waals surface area contributed by atoms with Crippen molar-refractivity contribution in [2.75, 3.05) is 26.4 Å². The van der Waals surface area contributed by atoms with Crippen molar-refractivity contribution in [1.82, 2.24) is 0 Å². The number of esters is 1. The molecule has 0 radical (unpaired) electrons. The Labute approximate surface area is 336 Å². The number of hydrogen-bond donors (Lipinski definition) is 3. The van der Waals surface area contributed by atoms with Crippen LogP contribution < -0.4 is 5.73 Å². The number of carbonyl (C=O) groups is 2. The first-order valence-corrected chi connectivity index (χ1v) is 23.9. The third-order valence-electron chi connectivity index (χ3n) is 9.73. The van der Waals surface area contributed by atoms with Crippen molar-refractivity contribution in [2.45, 2.75) is 219 Å². The Balaban J connectivity index is 4.21. The van der Waals surface area contributed by atoms with E-state index < -0.39 is 45.1 Å². The number of rotatable bonds is 43. The minimum atomic E-state index is -4.61. The zero-order valence-corrected chi connectivity index (χ0v) is 36.2. The molecule has 0 amide bonds. The summed E-state index contributed by atoms with van der Waals surface area (Å²) in [7, 11) is -4.61. The highest BCUT2D eigenvalue weighted by Gasteiger charge is 2.27. The maximum Gasteiger partial charge on any atom is 0.472 e. The van der Waals surface area contributed by atoms with Gasteiger partial charge in [0, 0.05) is 13.0 Å². The lowest BCUT2D eigenvalue weighted by Gasteiger charge is -2.20. The number of nitrogens with two attached hydrogens (primary N) is 1. The molecule has 324 valence electrons. The number of aliphatic carboxylic acids is 1. The standard InChI is InChI=1S/C44H84NO9P/c1-3-5-7-9-11-13-15-17-19-20-21-23-25-27-29-31-33-35-37-51-38-41(39-52-55(49,50)53-40-42(45)44(47)48)54-43(46)36-34-32-30-28-26-24-22-18-16-14-12-10-8-6-4-2/h11,13,17,19,41-42H,3-10,12,14-16,18,20-40,45H2,1-2H3,(H,47,48)(H,49,50)/b13-11-,19-17-. The number of phosphoric acid groups is 1. The van der Waals surface area contributed by atoms with Gasteiger partial charge < -0.3 is 25.2 Å². The zero-order valence-electron chi connectivity index (χ0n) is 35.3. The maximum absolute atomic E-state index is 12.6. The SMILES string of the molecule is CCCCC/C=C\C/C=C\CCCCCCCCCCOCC(COP(=O)(O)OCC(N)C(=O)O)OC(=O)CCCCCCCCCCCCCCCCC. The largest absolute Gasteiger partial charge is 0.480 e. The summed E-state index contributed by atoms with van der Waals surface area (Å²) in [6.07, 6.45) is 43.6. The second-order valence-electron chi connectivity index (χ2n) is 15.2. The highest BCUT2D eigenvalue weighted by molar-refractivity contribution is 7.47. The van der Waals surface area contributed by atoms with E-state index in [0.717, 1.165) is 44.9 Å². The molecule has 0 aromatic heterocycles.